The van der Waals surface area contributed by atoms with E-state index in [4.69, 9.17) is 4.12 Å². The molecule has 0 saturated carbocycles. The van der Waals surface area contributed by atoms with Crippen molar-refractivity contribution < 1.29 is 4.12 Å². The summed E-state index contributed by atoms with van der Waals surface area (Å²) >= 11 is 7.11. The summed E-state index contributed by atoms with van der Waals surface area (Å²) in [5.41, 5.74) is 0. The second-order valence-corrected chi connectivity index (χ2v) is 16.5. The van der Waals surface area contributed by atoms with Crippen molar-refractivity contribution in [1.82, 2.24) is 0 Å². The van der Waals surface area contributed by atoms with Gasteiger partial charge in [0.2, 0.25) is 16.6 Å². The molecular weight excluding hydrogens is 520 g/mol. The molecule has 0 atom stereocenters. The van der Waals surface area contributed by atoms with Crippen molar-refractivity contribution in [2.24, 2.45) is 0 Å². The van der Waals surface area contributed by atoms with Crippen molar-refractivity contribution in [3.8, 4) is 0 Å². The van der Waals surface area contributed by atoms with Crippen molar-refractivity contribution in [3.63, 3.8) is 0 Å². The average Bonchev–Trinajstić information content (AvgIpc) is 2.69. The SMILES string of the molecule is C=CC[Si](CC=C)(O[Si](CC=C)(CC=C)c1ccc(Br)cc1)c1ccc(Br)cc1. The number of allylic oxidation sites excluding steroid dienone is 4. The summed E-state index contributed by atoms with van der Waals surface area (Å²) in [6.45, 7) is 16.2. The summed E-state index contributed by atoms with van der Waals surface area (Å²) < 4.78 is 9.53. The van der Waals surface area contributed by atoms with Gasteiger partial charge in [-0.1, -0.05) is 80.4 Å². The molecular formula is C24H28Br2OSi2. The number of rotatable bonds is 12. The first kappa shape index (κ1) is 24.0. The molecule has 0 saturated heterocycles. The number of hydrogen-bond donors (Lipinski definition) is 0. The van der Waals surface area contributed by atoms with E-state index in [-0.39, 0.29) is 0 Å². The van der Waals surface area contributed by atoms with E-state index < -0.39 is 16.6 Å². The fourth-order valence-corrected chi connectivity index (χ4v) is 14.2. The first-order valence-corrected chi connectivity index (χ1v) is 15.8. The van der Waals surface area contributed by atoms with Gasteiger partial charge in [0.25, 0.3) is 0 Å². The molecule has 0 aliphatic rings. The Labute approximate surface area is 194 Å². The second kappa shape index (κ2) is 11.2. The van der Waals surface area contributed by atoms with Gasteiger partial charge in [-0.05, 0) is 58.8 Å². The van der Waals surface area contributed by atoms with Gasteiger partial charge in [-0.25, -0.2) is 0 Å². The molecule has 0 radical (unpaired) electrons. The zero-order chi connectivity index (χ0) is 21.3. The van der Waals surface area contributed by atoms with Crippen LogP contribution in [0.25, 0.3) is 0 Å². The molecule has 0 heterocycles. The van der Waals surface area contributed by atoms with Crippen LogP contribution in [0, 0.1) is 0 Å². The summed E-state index contributed by atoms with van der Waals surface area (Å²) in [6, 6.07) is 20.5. The van der Waals surface area contributed by atoms with Crippen LogP contribution >= 0.6 is 31.9 Å². The molecule has 2 aromatic carbocycles. The van der Waals surface area contributed by atoms with E-state index >= 15 is 0 Å². The third-order valence-electron chi connectivity index (χ3n) is 5.03. The molecule has 29 heavy (non-hydrogen) atoms. The molecule has 0 aromatic heterocycles. The van der Waals surface area contributed by atoms with Crippen LogP contribution in [0.4, 0.5) is 0 Å². The maximum absolute atomic E-state index is 7.40. The summed E-state index contributed by atoms with van der Waals surface area (Å²) in [6.07, 6.45) is 8.00. The van der Waals surface area contributed by atoms with Crippen LogP contribution in [-0.2, 0) is 4.12 Å². The lowest BCUT2D eigenvalue weighted by Crippen LogP contribution is -2.62. The predicted molar refractivity (Wildman–Crippen MR) is 140 cm³/mol. The monoisotopic (exact) mass is 546 g/mol. The predicted octanol–water partition coefficient (Wildman–Crippen LogP) is 6.98. The molecule has 0 bridgehead atoms. The Kier molecular flexibility index (Phi) is 9.30. The third-order valence-corrected chi connectivity index (χ3v) is 15.8. The Morgan fingerprint density at radius 2 is 0.862 bits per heavy atom. The van der Waals surface area contributed by atoms with Crippen molar-refractivity contribution in [2.45, 2.75) is 24.2 Å². The molecule has 0 aliphatic heterocycles. The van der Waals surface area contributed by atoms with E-state index in [9.17, 15) is 0 Å². The van der Waals surface area contributed by atoms with Crippen molar-refractivity contribution in [2.75, 3.05) is 0 Å². The lowest BCUT2D eigenvalue weighted by atomic mass is 10.4. The Morgan fingerprint density at radius 1 is 0.586 bits per heavy atom. The molecule has 0 N–H and O–H groups in total. The molecule has 1 nitrogen and oxygen atoms in total. The minimum Gasteiger partial charge on any atom is -0.447 e. The van der Waals surface area contributed by atoms with Crippen molar-refractivity contribution in [3.05, 3.63) is 108 Å². The van der Waals surface area contributed by atoms with Gasteiger partial charge >= 0.3 is 0 Å². The minimum atomic E-state index is -2.40. The quantitative estimate of drug-likeness (QED) is 0.206. The fourth-order valence-electron chi connectivity index (χ4n) is 3.74. The van der Waals surface area contributed by atoms with E-state index in [1.807, 2.05) is 24.3 Å². The third kappa shape index (κ3) is 5.89. The van der Waals surface area contributed by atoms with Gasteiger partial charge in [0.15, 0.2) is 0 Å². The molecule has 152 valence electrons. The van der Waals surface area contributed by atoms with Gasteiger partial charge in [0.1, 0.15) is 0 Å². The fraction of sp³-hybridized carbons (Fsp3) is 0.167. The van der Waals surface area contributed by atoms with Gasteiger partial charge in [0, 0.05) is 8.95 Å². The highest BCUT2D eigenvalue weighted by Gasteiger charge is 2.45. The summed E-state index contributed by atoms with van der Waals surface area (Å²) in [5.74, 6) is 0. The Morgan fingerprint density at radius 3 is 1.10 bits per heavy atom. The average molecular weight is 548 g/mol. The van der Waals surface area contributed by atoms with Crippen LogP contribution in [-0.4, -0.2) is 16.6 Å². The van der Waals surface area contributed by atoms with E-state index in [2.05, 4.69) is 107 Å². The van der Waals surface area contributed by atoms with Crippen LogP contribution in [0.3, 0.4) is 0 Å². The zero-order valence-corrected chi connectivity index (χ0v) is 21.9. The second-order valence-electron chi connectivity index (χ2n) is 7.08. The van der Waals surface area contributed by atoms with Crippen LogP contribution < -0.4 is 10.4 Å². The molecule has 5 heteroatoms. The van der Waals surface area contributed by atoms with Gasteiger partial charge in [-0.3, -0.25) is 0 Å². The highest BCUT2D eigenvalue weighted by atomic mass is 79.9. The Balaban J connectivity index is 2.67. The van der Waals surface area contributed by atoms with Crippen LogP contribution in [0.15, 0.2) is 108 Å². The lowest BCUT2D eigenvalue weighted by Gasteiger charge is -2.42. The minimum absolute atomic E-state index is 0.834. The smallest absolute Gasteiger partial charge is 0.220 e. The maximum atomic E-state index is 7.40. The molecule has 2 aromatic rings. The standard InChI is InChI=1S/C24H28Br2OSi2/c1-5-17-28(18-6-2,23-13-9-21(25)10-14-23)27-29(19-7-3,20-8-4)24-15-11-22(26)12-16-24/h5-16H,1-4,17-20H2. The lowest BCUT2D eigenvalue weighted by molar-refractivity contribution is 0.552. The van der Waals surface area contributed by atoms with Gasteiger partial charge in [0.05, 0.1) is 0 Å². The summed E-state index contributed by atoms with van der Waals surface area (Å²) in [5, 5.41) is 2.53. The van der Waals surface area contributed by atoms with Gasteiger partial charge < -0.3 is 4.12 Å². The first-order chi connectivity index (χ1) is 13.9. The molecule has 0 fully saturated rings. The Hall–Kier alpha value is -1.25. The zero-order valence-electron chi connectivity index (χ0n) is 16.7. The largest absolute Gasteiger partial charge is 0.447 e. The maximum Gasteiger partial charge on any atom is 0.220 e. The summed E-state index contributed by atoms with van der Waals surface area (Å²) in [7, 11) is -4.81. The van der Waals surface area contributed by atoms with Gasteiger partial charge in [-0.2, -0.15) is 0 Å². The van der Waals surface area contributed by atoms with Crippen molar-refractivity contribution in [1.29, 1.82) is 0 Å². The molecule has 0 aliphatic carbocycles. The number of benzene rings is 2. The highest BCUT2D eigenvalue weighted by molar-refractivity contribution is 9.10. The van der Waals surface area contributed by atoms with E-state index in [1.54, 1.807) is 0 Å². The van der Waals surface area contributed by atoms with E-state index in [0.717, 1.165) is 33.1 Å². The molecule has 0 spiro atoms. The van der Waals surface area contributed by atoms with Crippen LogP contribution in [0.5, 0.6) is 0 Å². The van der Waals surface area contributed by atoms with E-state index in [0.29, 0.717) is 0 Å². The first-order valence-electron chi connectivity index (χ1n) is 9.61. The highest BCUT2D eigenvalue weighted by Crippen LogP contribution is 2.30. The van der Waals surface area contributed by atoms with E-state index in [1.165, 1.54) is 10.4 Å². The molecule has 2 rings (SSSR count). The van der Waals surface area contributed by atoms with Crippen LogP contribution in [0.2, 0.25) is 24.2 Å². The van der Waals surface area contributed by atoms with Gasteiger partial charge in [-0.15, -0.1) is 26.3 Å². The Bertz CT molecular complexity index is 753. The molecule has 0 unspecified atom stereocenters. The van der Waals surface area contributed by atoms with Crippen molar-refractivity contribution >= 4 is 58.9 Å². The number of halogens is 2. The molecule has 0 amide bonds. The topological polar surface area (TPSA) is 9.23 Å². The van der Waals surface area contributed by atoms with Crippen LogP contribution in [0.1, 0.15) is 0 Å². The normalized spacial score (nSPS) is 11.7. The number of hydrogen-bond acceptors (Lipinski definition) is 1. The summed E-state index contributed by atoms with van der Waals surface area (Å²) in [4.78, 5) is 0.